The van der Waals surface area contributed by atoms with Gasteiger partial charge in [0, 0.05) is 25.7 Å². The van der Waals surface area contributed by atoms with E-state index in [0.29, 0.717) is 12.5 Å². The van der Waals surface area contributed by atoms with Crippen LogP contribution >= 0.6 is 0 Å². The van der Waals surface area contributed by atoms with Gasteiger partial charge < -0.3 is 15.4 Å². The van der Waals surface area contributed by atoms with Crippen molar-refractivity contribution >= 4 is 5.91 Å². The lowest BCUT2D eigenvalue weighted by Crippen LogP contribution is -2.50. The van der Waals surface area contributed by atoms with Crippen molar-refractivity contribution in [3.8, 4) is 0 Å². The molecule has 2 aliphatic rings. The topological polar surface area (TPSA) is 55.6 Å². The number of carbonyl (C=O) groups is 1. The third-order valence-electron chi connectivity index (χ3n) is 3.40. The number of carbonyl (C=O) groups excluding carboxylic acids is 1. The fraction of sp³-hybridized carbons (Fsp3) is 0.909. The van der Waals surface area contributed by atoms with Crippen LogP contribution in [0.3, 0.4) is 0 Å². The van der Waals surface area contributed by atoms with Gasteiger partial charge in [-0.25, -0.2) is 0 Å². The highest BCUT2D eigenvalue weighted by molar-refractivity contribution is 5.81. The van der Waals surface area contributed by atoms with Crippen molar-refractivity contribution in [2.45, 2.75) is 38.3 Å². The van der Waals surface area contributed by atoms with Crippen LogP contribution in [0.25, 0.3) is 0 Å². The van der Waals surface area contributed by atoms with E-state index in [1.807, 2.05) is 4.90 Å². The monoisotopic (exact) mass is 212 g/mol. The second-order valence-electron chi connectivity index (χ2n) is 4.74. The molecule has 0 radical (unpaired) electrons. The fourth-order valence-corrected chi connectivity index (χ4v) is 2.40. The van der Waals surface area contributed by atoms with Gasteiger partial charge >= 0.3 is 0 Å². The normalized spacial score (nSPS) is 36.9. The van der Waals surface area contributed by atoms with Crippen LogP contribution in [0.5, 0.6) is 0 Å². The first-order chi connectivity index (χ1) is 7.18. The van der Waals surface area contributed by atoms with Crippen LogP contribution in [-0.4, -0.2) is 42.6 Å². The molecule has 2 rings (SSSR count). The van der Waals surface area contributed by atoms with Crippen molar-refractivity contribution < 1.29 is 9.53 Å². The summed E-state index contributed by atoms with van der Waals surface area (Å²) in [6, 6.07) is 0.152. The zero-order valence-electron chi connectivity index (χ0n) is 9.32. The standard InChI is InChI=1S/C11H20N2O2/c1-8-4-6-15-10(8)11(14)13-5-2-3-9(12)7-13/h8-10H,2-7,12H2,1H3/t8?,9-,10?/m1/s1. The molecule has 15 heavy (non-hydrogen) atoms. The number of nitrogens with zero attached hydrogens (tertiary/aromatic N) is 1. The predicted octanol–water partition coefficient (Wildman–Crippen LogP) is 0.361. The lowest BCUT2D eigenvalue weighted by atomic mass is 10.0. The molecule has 3 atom stereocenters. The highest BCUT2D eigenvalue weighted by Crippen LogP contribution is 2.23. The molecule has 4 nitrogen and oxygen atoms in total. The first-order valence-electron chi connectivity index (χ1n) is 5.84. The van der Waals surface area contributed by atoms with E-state index in [9.17, 15) is 4.79 Å². The summed E-state index contributed by atoms with van der Waals surface area (Å²) in [5.41, 5.74) is 5.86. The lowest BCUT2D eigenvalue weighted by Gasteiger charge is -2.33. The zero-order chi connectivity index (χ0) is 10.8. The molecule has 2 aliphatic heterocycles. The van der Waals surface area contributed by atoms with Crippen molar-refractivity contribution in [3.05, 3.63) is 0 Å². The summed E-state index contributed by atoms with van der Waals surface area (Å²) >= 11 is 0. The second-order valence-corrected chi connectivity index (χ2v) is 4.74. The molecule has 0 spiro atoms. The molecule has 4 heteroatoms. The molecule has 0 saturated carbocycles. The molecule has 0 aliphatic carbocycles. The largest absolute Gasteiger partial charge is 0.368 e. The van der Waals surface area contributed by atoms with Gasteiger partial charge in [0.15, 0.2) is 0 Å². The van der Waals surface area contributed by atoms with Crippen LogP contribution in [0.4, 0.5) is 0 Å². The smallest absolute Gasteiger partial charge is 0.252 e. The van der Waals surface area contributed by atoms with Gasteiger partial charge in [0.1, 0.15) is 6.10 Å². The van der Waals surface area contributed by atoms with Crippen molar-refractivity contribution in [1.29, 1.82) is 0 Å². The quantitative estimate of drug-likeness (QED) is 0.683. The summed E-state index contributed by atoms with van der Waals surface area (Å²) in [5.74, 6) is 0.505. The number of nitrogens with two attached hydrogens (primary N) is 1. The Bertz CT molecular complexity index is 245. The van der Waals surface area contributed by atoms with Gasteiger partial charge in [-0.3, -0.25) is 4.79 Å². The minimum atomic E-state index is -0.213. The molecule has 0 aromatic heterocycles. The molecule has 1 amide bonds. The summed E-state index contributed by atoms with van der Waals surface area (Å²) in [7, 11) is 0. The molecule has 0 aromatic carbocycles. The third-order valence-corrected chi connectivity index (χ3v) is 3.40. The number of likely N-dealkylation sites (tertiary alicyclic amines) is 1. The maximum absolute atomic E-state index is 12.1. The van der Waals surface area contributed by atoms with E-state index >= 15 is 0 Å². The molecular formula is C11H20N2O2. The Hall–Kier alpha value is -0.610. The van der Waals surface area contributed by atoms with Crippen molar-refractivity contribution in [2.24, 2.45) is 11.7 Å². The Morgan fingerprint density at radius 3 is 2.87 bits per heavy atom. The van der Waals surface area contributed by atoms with E-state index in [-0.39, 0.29) is 18.1 Å². The SMILES string of the molecule is CC1CCOC1C(=O)N1CCC[C@@H](N)C1. The Labute approximate surface area is 90.8 Å². The van der Waals surface area contributed by atoms with Gasteiger partial charge in [0.25, 0.3) is 5.91 Å². The molecule has 2 heterocycles. The number of ether oxygens (including phenoxy) is 1. The average molecular weight is 212 g/mol. The molecular weight excluding hydrogens is 192 g/mol. The minimum Gasteiger partial charge on any atom is -0.368 e. The van der Waals surface area contributed by atoms with Crippen LogP contribution in [0, 0.1) is 5.92 Å². The van der Waals surface area contributed by atoms with E-state index in [0.717, 1.165) is 32.4 Å². The Morgan fingerprint density at radius 1 is 1.47 bits per heavy atom. The molecule has 2 unspecified atom stereocenters. The number of rotatable bonds is 1. The number of hydrogen-bond acceptors (Lipinski definition) is 3. The predicted molar refractivity (Wildman–Crippen MR) is 57.3 cm³/mol. The van der Waals surface area contributed by atoms with Gasteiger partial charge in [-0.05, 0) is 25.2 Å². The van der Waals surface area contributed by atoms with Crippen LogP contribution in [0.1, 0.15) is 26.2 Å². The van der Waals surface area contributed by atoms with Crippen molar-refractivity contribution in [2.75, 3.05) is 19.7 Å². The van der Waals surface area contributed by atoms with E-state index in [1.165, 1.54) is 0 Å². The number of amides is 1. The molecule has 2 fully saturated rings. The van der Waals surface area contributed by atoms with Gasteiger partial charge in [-0.15, -0.1) is 0 Å². The van der Waals surface area contributed by atoms with Gasteiger partial charge in [0.2, 0.25) is 0 Å². The summed E-state index contributed by atoms with van der Waals surface area (Å²) in [6.07, 6.45) is 2.84. The maximum atomic E-state index is 12.1. The number of piperidine rings is 1. The van der Waals surface area contributed by atoms with Crippen LogP contribution in [0.15, 0.2) is 0 Å². The van der Waals surface area contributed by atoms with E-state index in [4.69, 9.17) is 10.5 Å². The van der Waals surface area contributed by atoms with Crippen LogP contribution in [-0.2, 0) is 9.53 Å². The van der Waals surface area contributed by atoms with E-state index in [1.54, 1.807) is 0 Å². The maximum Gasteiger partial charge on any atom is 0.252 e. The Morgan fingerprint density at radius 2 is 2.27 bits per heavy atom. The van der Waals surface area contributed by atoms with Crippen LogP contribution in [0.2, 0.25) is 0 Å². The van der Waals surface area contributed by atoms with Crippen molar-refractivity contribution in [3.63, 3.8) is 0 Å². The van der Waals surface area contributed by atoms with E-state index < -0.39 is 0 Å². The zero-order valence-corrected chi connectivity index (χ0v) is 9.32. The summed E-state index contributed by atoms with van der Waals surface area (Å²) in [6.45, 7) is 4.35. The summed E-state index contributed by atoms with van der Waals surface area (Å²) in [4.78, 5) is 14.0. The summed E-state index contributed by atoms with van der Waals surface area (Å²) < 4.78 is 5.48. The van der Waals surface area contributed by atoms with Gasteiger partial charge in [0.05, 0.1) is 0 Å². The Kier molecular flexibility index (Phi) is 3.26. The first kappa shape index (κ1) is 10.9. The Balaban J connectivity index is 1.94. The first-order valence-corrected chi connectivity index (χ1v) is 5.84. The lowest BCUT2D eigenvalue weighted by molar-refractivity contribution is -0.143. The summed E-state index contributed by atoms with van der Waals surface area (Å²) in [5, 5.41) is 0. The molecule has 2 N–H and O–H groups in total. The highest BCUT2D eigenvalue weighted by Gasteiger charge is 2.35. The average Bonchev–Trinajstić information content (AvgIpc) is 2.63. The molecule has 86 valence electrons. The number of hydrogen-bond donors (Lipinski definition) is 1. The van der Waals surface area contributed by atoms with Gasteiger partial charge in [-0.1, -0.05) is 6.92 Å². The van der Waals surface area contributed by atoms with Crippen molar-refractivity contribution in [1.82, 2.24) is 4.90 Å². The third kappa shape index (κ3) is 2.32. The minimum absolute atomic E-state index is 0.148. The fourth-order valence-electron chi connectivity index (χ4n) is 2.40. The molecule has 0 bridgehead atoms. The van der Waals surface area contributed by atoms with E-state index in [2.05, 4.69) is 6.92 Å². The van der Waals surface area contributed by atoms with Crippen LogP contribution < -0.4 is 5.73 Å². The molecule has 0 aromatic rings. The highest BCUT2D eigenvalue weighted by atomic mass is 16.5. The second kappa shape index (κ2) is 4.49. The molecule has 2 saturated heterocycles. The van der Waals surface area contributed by atoms with Gasteiger partial charge in [-0.2, -0.15) is 0 Å².